The lowest BCUT2D eigenvalue weighted by Crippen LogP contribution is -2.24. The van der Waals surface area contributed by atoms with Gasteiger partial charge >= 0.3 is 0 Å². The van der Waals surface area contributed by atoms with Gasteiger partial charge in [-0.05, 0) is 62.2 Å². The summed E-state index contributed by atoms with van der Waals surface area (Å²) in [5.74, 6) is 0. The van der Waals surface area contributed by atoms with E-state index in [1.807, 2.05) is 12.4 Å². The summed E-state index contributed by atoms with van der Waals surface area (Å²) < 4.78 is 2.22. The Hall–Kier alpha value is -2.84. The second kappa shape index (κ2) is 9.91. The van der Waals surface area contributed by atoms with Crippen molar-refractivity contribution in [3.05, 3.63) is 59.9 Å². The maximum absolute atomic E-state index is 8.82. The minimum Gasteiger partial charge on any atom is -0.371 e. The van der Waals surface area contributed by atoms with Crippen LogP contribution in [0.25, 0.3) is 11.0 Å². The largest absolute Gasteiger partial charge is 0.371 e. The van der Waals surface area contributed by atoms with Crippen molar-refractivity contribution < 1.29 is 0 Å². The molecule has 0 spiro atoms. The van der Waals surface area contributed by atoms with Gasteiger partial charge in [0.1, 0.15) is 0 Å². The number of aromatic nitrogens is 2. The van der Waals surface area contributed by atoms with E-state index >= 15 is 0 Å². The molecule has 2 aromatic carbocycles. The van der Waals surface area contributed by atoms with Crippen molar-refractivity contribution >= 4 is 16.7 Å². The molecule has 1 aromatic heterocycles. The minimum atomic E-state index is 0.558. The van der Waals surface area contributed by atoms with Gasteiger partial charge in [0.15, 0.2) is 0 Å². The maximum Gasteiger partial charge on any atom is 0.0958 e. The summed E-state index contributed by atoms with van der Waals surface area (Å²) in [6.07, 6.45) is 3.55. The fraction of sp³-hybridized carbons (Fsp3) is 0.391. The molecule has 0 unspecified atom stereocenters. The molecule has 0 atom stereocenters. The zero-order chi connectivity index (χ0) is 19.8. The Morgan fingerprint density at radius 3 is 2.86 bits per heavy atom. The molecule has 0 fully saturated rings. The van der Waals surface area contributed by atoms with E-state index in [2.05, 4.69) is 76.1 Å². The SMILES string of the molecule is CCN(CCC#N)c1ccc(CNCCCn2cnc3ccccc32)c(C)c1. The molecule has 0 aliphatic rings. The van der Waals surface area contributed by atoms with Crippen LogP contribution < -0.4 is 10.2 Å². The van der Waals surface area contributed by atoms with Crippen molar-refractivity contribution in [2.24, 2.45) is 0 Å². The Labute approximate surface area is 167 Å². The molecule has 1 heterocycles. The van der Waals surface area contributed by atoms with Crippen LogP contribution in [0.3, 0.4) is 0 Å². The molecule has 0 bridgehead atoms. The number of nitrogens with zero attached hydrogens (tertiary/aromatic N) is 4. The van der Waals surface area contributed by atoms with Crippen molar-refractivity contribution in [2.75, 3.05) is 24.5 Å². The highest BCUT2D eigenvalue weighted by Gasteiger charge is 2.07. The third-order valence-corrected chi connectivity index (χ3v) is 5.16. The second-order valence-corrected chi connectivity index (χ2v) is 7.06. The normalized spacial score (nSPS) is 10.9. The predicted molar refractivity (Wildman–Crippen MR) is 115 cm³/mol. The first-order chi connectivity index (χ1) is 13.7. The maximum atomic E-state index is 8.82. The average Bonchev–Trinajstić information content (AvgIpc) is 3.13. The zero-order valence-electron chi connectivity index (χ0n) is 16.9. The highest BCUT2D eigenvalue weighted by molar-refractivity contribution is 5.74. The third-order valence-electron chi connectivity index (χ3n) is 5.16. The Morgan fingerprint density at radius 1 is 1.21 bits per heavy atom. The summed E-state index contributed by atoms with van der Waals surface area (Å²) in [6, 6.07) is 17.1. The summed E-state index contributed by atoms with van der Waals surface area (Å²) in [7, 11) is 0. The highest BCUT2D eigenvalue weighted by Crippen LogP contribution is 2.19. The molecule has 5 nitrogen and oxygen atoms in total. The molecule has 5 heteroatoms. The van der Waals surface area contributed by atoms with Gasteiger partial charge in [0, 0.05) is 31.9 Å². The van der Waals surface area contributed by atoms with Crippen LogP contribution in [0.15, 0.2) is 48.8 Å². The molecule has 1 N–H and O–H groups in total. The number of aryl methyl sites for hydroxylation is 2. The standard InChI is InChI=1S/C23H29N5/c1-3-27(14-6-12-24)21-11-10-20(19(2)16-21)17-25-13-7-15-28-18-26-22-8-4-5-9-23(22)28/h4-5,8-11,16,18,25H,3,6-7,13-15,17H2,1-2H3. The van der Waals surface area contributed by atoms with E-state index in [9.17, 15) is 0 Å². The second-order valence-electron chi connectivity index (χ2n) is 7.06. The predicted octanol–water partition coefficient (Wildman–Crippen LogP) is 4.26. The highest BCUT2D eigenvalue weighted by atomic mass is 15.1. The van der Waals surface area contributed by atoms with Gasteiger partial charge in [-0.15, -0.1) is 0 Å². The molecule has 0 amide bonds. The van der Waals surface area contributed by atoms with Crippen molar-refractivity contribution in [3.63, 3.8) is 0 Å². The molecule has 28 heavy (non-hydrogen) atoms. The quantitative estimate of drug-likeness (QED) is 0.538. The summed E-state index contributed by atoms with van der Waals surface area (Å²) in [5, 5.41) is 12.4. The fourth-order valence-corrected chi connectivity index (χ4v) is 3.52. The Morgan fingerprint density at radius 2 is 2.07 bits per heavy atom. The lowest BCUT2D eigenvalue weighted by molar-refractivity contribution is 0.588. The van der Waals surface area contributed by atoms with E-state index in [0.29, 0.717) is 6.42 Å². The third kappa shape index (κ3) is 4.90. The average molecular weight is 376 g/mol. The monoisotopic (exact) mass is 375 g/mol. The van der Waals surface area contributed by atoms with Crippen molar-refractivity contribution in [2.45, 2.75) is 39.8 Å². The van der Waals surface area contributed by atoms with E-state index in [4.69, 9.17) is 5.26 Å². The fourth-order valence-electron chi connectivity index (χ4n) is 3.52. The van der Waals surface area contributed by atoms with Gasteiger partial charge in [0.25, 0.3) is 0 Å². The minimum absolute atomic E-state index is 0.558. The van der Waals surface area contributed by atoms with Crippen LogP contribution >= 0.6 is 0 Å². The van der Waals surface area contributed by atoms with Gasteiger partial charge in [-0.3, -0.25) is 0 Å². The van der Waals surface area contributed by atoms with Gasteiger partial charge in [0.05, 0.1) is 29.9 Å². The van der Waals surface area contributed by atoms with E-state index < -0.39 is 0 Å². The van der Waals surface area contributed by atoms with Crippen LogP contribution in [0.5, 0.6) is 0 Å². The molecule has 0 radical (unpaired) electrons. The number of imidazole rings is 1. The van der Waals surface area contributed by atoms with Crippen LogP contribution in [0.1, 0.15) is 30.9 Å². The first kappa shape index (κ1) is 19.9. The summed E-state index contributed by atoms with van der Waals surface area (Å²) in [5.41, 5.74) is 6.08. The summed E-state index contributed by atoms with van der Waals surface area (Å²) >= 11 is 0. The van der Waals surface area contributed by atoms with E-state index in [1.165, 1.54) is 22.3 Å². The van der Waals surface area contributed by atoms with Gasteiger partial charge in [0.2, 0.25) is 0 Å². The molecule has 3 aromatic rings. The molecule has 146 valence electrons. The molecule has 0 saturated carbocycles. The number of hydrogen-bond donors (Lipinski definition) is 1. The van der Waals surface area contributed by atoms with Gasteiger partial charge < -0.3 is 14.8 Å². The lowest BCUT2D eigenvalue weighted by Gasteiger charge is -2.23. The number of hydrogen-bond acceptors (Lipinski definition) is 4. The molecular weight excluding hydrogens is 346 g/mol. The zero-order valence-corrected chi connectivity index (χ0v) is 16.9. The summed E-state index contributed by atoms with van der Waals surface area (Å²) in [4.78, 5) is 6.70. The summed E-state index contributed by atoms with van der Waals surface area (Å²) in [6.45, 7) is 8.81. The molecular formula is C23H29N5. The van der Waals surface area contributed by atoms with Gasteiger partial charge in [-0.2, -0.15) is 5.26 Å². The lowest BCUT2D eigenvalue weighted by atomic mass is 10.1. The number of benzene rings is 2. The van der Waals surface area contributed by atoms with Crippen molar-refractivity contribution in [1.29, 1.82) is 5.26 Å². The smallest absolute Gasteiger partial charge is 0.0958 e. The number of nitriles is 1. The topological polar surface area (TPSA) is 56.9 Å². The number of nitrogens with one attached hydrogen (secondary N) is 1. The first-order valence-corrected chi connectivity index (χ1v) is 10.0. The Bertz CT molecular complexity index is 938. The van der Waals surface area contributed by atoms with Crippen LogP contribution in [-0.4, -0.2) is 29.2 Å². The van der Waals surface area contributed by atoms with Crippen LogP contribution in [-0.2, 0) is 13.1 Å². The number of anilines is 1. The molecule has 0 aliphatic heterocycles. The van der Waals surface area contributed by atoms with Gasteiger partial charge in [-0.25, -0.2) is 4.98 Å². The first-order valence-electron chi connectivity index (χ1n) is 10.0. The van der Waals surface area contributed by atoms with E-state index in [1.54, 1.807) is 0 Å². The van der Waals surface area contributed by atoms with Crippen LogP contribution in [0.4, 0.5) is 5.69 Å². The molecule has 0 aliphatic carbocycles. The van der Waals surface area contributed by atoms with Crippen LogP contribution in [0.2, 0.25) is 0 Å². The van der Waals surface area contributed by atoms with E-state index in [0.717, 1.165) is 44.7 Å². The van der Waals surface area contributed by atoms with Crippen LogP contribution in [0, 0.1) is 18.3 Å². The number of fused-ring (bicyclic) bond motifs is 1. The Balaban J connectivity index is 1.47. The van der Waals surface area contributed by atoms with Crippen molar-refractivity contribution in [3.8, 4) is 6.07 Å². The van der Waals surface area contributed by atoms with Crippen molar-refractivity contribution in [1.82, 2.24) is 14.9 Å². The Kier molecular flexibility index (Phi) is 7.05. The van der Waals surface area contributed by atoms with Gasteiger partial charge in [-0.1, -0.05) is 18.2 Å². The number of rotatable bonds is 10. The number of para-hydroxylation sites is 2. The molecule has 0 saturated heterocycles. The van der Waals surface area contributed by atoms with E-state index in [-0.39, 0.29) is 0 Å². The molecule has 3 rings (SSSR count).